The highest BCUT2D eigenvalue weighted by molar-refractivity contribution is 7.13. The Kier molecular flexibility index (Phi) is 2.68. The Morgan fingerprint density at radius 2 is 2.22 bits per heavy atom. The van der Waals surface area contributed by atoms with Crippen LogP contribution in [0.1, 0.15) is 11.7 Å². The van der Waals surface area contributed by atoms with E-state index in [2.05, 4.69) is 5.32 Å². The van der Waals surface area contributed by atoms with Gasteiger partial charge < -0.3 is 15.2 Å². The number of nitrogens with one attached hydrogen (secondary N) is 1. The maximum Gasteiger partial charge on any atom is 0.404 e. The topological polar surface area (TPSA) is 58.6 Å². The van der Waals surface area contributed by atoms with E-state index in [1.54, 1.807) is 11.3 Å². The van der Waals surface area contributed by atoms with Gasteiger partial charge in [0, 0.05) is 16.0 Å². The lowest BCUT2D eigenvalue weighted by molar-refractivity contribution is 0.172. The predicted octanol–water partition coefficient (Wildman–Crippen LogP) is 3.12. The number of carboxylic acid groups (broad SMARTS) is 1. The van der Waals surface area contributed by atoms with Crippen LogP contribution in [-0.2, 0) is 0 Å². The van der Waals surface area contributed by atoms with Gasteiger partial charge >= 0.3 is 6.09 Å². The van der Waals surface area contributed by atoms with Crippen LogP contribution in [0.25, 0.3) is 10.4 Å². The van der Waals surface area contributed by atoms with Crippen molar-refractivity contribution in [3.05, 3.63) is 41.3 Å². The van der Waals surface area contributed by atoms with E-state index in [1.165, 1.54) is 0 Å². The number of rotatable bonds is 2. The zero-order chi connectivity index (χ0) is 12.5. The van der Waals surface area contributed by atoms with E-state index in [4.69, 9.17) is 9.84 Å². The Hall–Kier alpha value is -2.01. The number of ether oxygens (including phenoxy) is 1. The van der Waals surface area contributed by atoms with Gasteiger partial charge in [-0.05, 0) is 23.6 Å². The van der Waals surface area contributed by atoms with Gasteiger partial charge in [0.15, 0.2) is 0 Å². The molecule has 1 unspecified atom stereocenters. The van der Waals surface area contributed by atoms with Crippen molar-refractivity contribution in [2.75, 3.05) is 6.54 Å². The summed E-state index contributed by atoms with van der Waals surface area (Å²) in [6.45, 7) is 0.257. The van der Waals surface area contributed by atoms with Gasteiger partial charge in [0.25, 0.3) is 0 Å². The number of para-hydroxylation sites is 1. The second-order valence-corrected chi connectivity index (χ2v) is 4.91. The van der Waals surface area contributed by atoms with Crippen molar-refractivity contribution in [1.29, 1.82) is 0 Å². The van der Waals surface area contributed by atoms with Crippen LogP contribution >= 0.6 is 11.3 Å². The Balaban J connectivity index is 1.96. The minimum atomic E-state index is -1.03. The molecule has 1 aliphatic rings. The lowest BCUT2D eigenvalue weighted by atomic mass is 10.0. The fourth-order valence-corrected chi connectivity index (χ4v) is 3.08. The second-order valence-electron chi connectivity index (χ2n) is 3.99. The van der Waals surface area contributed by atoms with Crippen molar-refractivity contribution < 1.29 is 14.6 Å². The summed E-state index contributed by atoms with van der Waals surface area (Å²) in [5.74, 6) is 0.810. The second kappa shape index (κ2) is 4.34. The Bertz CT molecular complexity index is 593. The number of amides is 1. The number of hydrogen-bond donors (Lipinski definition) is 2. The fraction of sp³-hybridized carbons (Fsp3) is 0.154. The van der Waals surface area contributed by atoms with E-state index in [-0.39, 0.29) is 12.6 Å². The number of benzene rings is 1. The summed E-state index contributed by atoms with van der Waals surface area (Å²) in [5.41, 5.74) is 2.13. The zero-order valence-electron chi connectivity index (χ0n) is 9.42. The van der Waals surface area contributed by atoms with E-state index in [0.717, 1.165) is 21.8 Å². The first-order valence-electron chi connectivity index (χ1n) is 5.56. The van der Waals surface area contributed by atoms with Gasteiger partial charge in [0.1, 0.15) is 11.9 Å². The third-order valence-electron chi connectivity index (χ3n) is 2.88. The van der Waals surface area contributed by atoms with Gasteiger partial charge in [0.2, 0.25) is 0 Å². The molecule has 1 amide bonds. The quantitative estimate of drug-likeness (QED) is 0.873. The minimum absolute atomic E-state index is 0.253. The summed E-state index contributed by atoms with van der Waals surface area (Å²) in [7, 11) is 0. The van der Waals surface area contributed by atoms with Crippen LogP contribution in [0, 0.1) is 0 Å². The summed E-state index contributed by atoms with van der Waals surface area (Å²) < 4.78 is 5.85. The molecule has 1 aliphatic heterocycles. The molecule has 1 aromatic heterocycles. The van der Waals surface area contributed by atoms with Crippen molar-refractivity contribution in [3.8, 4) is 16.2 Å². The van der Waals surface area contributed by atoms with Gasteiger partial charge in [0.05, 0.1) is 6.54 Å². The van der Waals surface area contributed by atoms with Gasteiger partial charge in [-0.1, -0.05) is 12.1 Å². The summed E-state index contributed by atoms with van der Waals surface area (Å²) in [6.07, 6.45) is -1.29. The standard InChI is InChI=1S/C13H11NO3S/c15-13(16)14-7-11-9-5-6-18-12(9)8-3-1-2-4-10(8)17-11/h1-6,11,14H,7H2,(H,15,16). The number of hydrogen-bond acceptors (Lipinski definition) is 3. The maximum atomic E-state index is 10.6. The van der Waals surface area contributed by atoms with Gasteiger partial charge in [-0.15, -0.1) is 11.3 Å². The van der Waals surface area contributed by atoms with E-state index in [1.807, 2.05) is 35.7 Å². The van der Waals surface area contributed by atoms with Crippen molar-refractivity contribution in [2.45, 2.75) is 6.10 Å². The highest BCUT2D eigenvalue weighted by Crippen LogP contribution is 2.44. The smallest absolute Gasteiger partial charge is 0.404 e. The third kappa shape index (κ3) is 1.82. The van der Waals surface area contributed by atoms with E-state index < -0.39 is 6.09 Å². The van der Waals surface area contributed by atoms with Gasteiger partial charge in [-0.3, -0.25) is 0 Å². The molecule has 4 nitrogen and oxygen atoms in total. The first-order chi connectivity index (χ1) is 8.75. The van der Waals surface area contributed by atoms with E-state index in [0.29, 0.717) is 0 Å². The molecule has 0 saturated carbocycles. The van der Waals surface area contributed by atoms with Crippen LogP contribution in [0.2, 0.25) is 0 Å². The molecule has 1 aromatic carbocycles. The van der Waals surface area contributed by atoms with E-state index >= 15 is 0 Å². The lowest BCUT2D eigenvalue weighted by Crippen LogP contribution is -2.30. The largest absolute Gasteiger partial charge is 0.483 e. The average Bonchev–Trinajstić information content (AvgIpc) is 2.85. The molecule has 0 radical (unpaired) electrons. The average molecular weight is 261 g/mol. The lowest BCUT2D eigenvalue weighted by Gasteiger charge is -2.26. The first kappa shape index (κ1) is 11.1. The third-order valence-corrected chi connectivity index (χ3v) is 3.85. The molecule has 92 valence electrons. The number of carbonyl (C=O) groups is 1. The fourth-order valence-electron chi connectivity index (χ4n) is 2.10. The van der Waals surface area contributed by atoms with Crippen molar-refractivity contribution >= 4 is 17.4 Å². The SMILES string of the molecule is O=C(O)NCC1Oc2ccccc2-c2sccc21. The highest BCUT2D eigenvalue weighted by Gasteiger charge is 2.26. The van der Waals surface area contributed by atoms with Crippen LogP contribution < -0.4 is 10.1 Å². The Labute approximate surface area is 108 Å². The summed E-state index contributed by atoms with van der Waals surface area (Å²) in [6, 6.07) is 9.81. The molecule has 0 aliphatic carbocycles. The van der Waals surface area contributed by atoms with Crippen LogP contribution in [0.5, 0.6) is 5.75 Å². The molecule has 2 aromatic rings. The molecule has 2 heterocycles. The minimum Gasteiger partial charge on any atom is -0.483 e. The normalized spacial score (nSPS) is 16.3. The van der Waals surface area contributed by atoms with Gasteiger partial charge in [-0.25, -0.2) is 4.79 Å². The number of fused-ring (bicyclic) bond motifs is 3. The van der Waals surface area contributed by atoms with Crippen molar-refractivity contribution in [3.63, 3.8) is 0 Å². The first-order valence-corrected chi connectivity index (χ1v) is 6.44. The van der Waals surface area contributed by atoms with Crippen LogP contribution in [0.4, 0.5) is 4.79 Å². The highest BCUT2D eigenvalue weighted by atomic mass is 32.1. The Morgan fingerprint density at radius 3 is 3.06 bits per heavy atom. The molecule has 18 heavy (non-hydrogen) atoms. The molecule has 0 spiro atoms. The van der Waals surface area contributed by atoms with E-state index in [9.17, 15) is 4.79 Å². The molecule has 1 atom stereocenters. The maximum absolute atomic E-state index is 10.6. The van der Waals surface area contributed by atoms with Crippen molar-refractivity contribution in [1.82, 2.24) is 5.32 Å². The summed E-state index contributed by atoms with van der Waals surface area (Å²) in [5, 5.41) is 13.1. The zero-order valence-corrected chi connectivity index (χ0v) is 10.2. The number of thiophene rings is 1. The molecule has 3 rings (SSSR count). The molecular weight excluding hydrogens is 250 g/mol. The molecule has 0 saturated heterocycles. The molecule has 5 heteroatoms. The molecule has 2 N–H and O–H groups in total. The molecule has 0 fully saturated rings. The van der Waals surface area contributed by atoms with Crippen molar-refractivity contribution in [2.24, 2.45) is 0 Å². The van der Waals surface area contributed by atoms with Crippen LogP contribution in [-0.4, -0.2) is 17.7 Å². The molecule has 0 bridgehead atoms. The summed E-state index contributed by atoms with van der Waals surface area (Å²) in [4.78, 5) is 11.7. The van der Waals surface area contributed by atoms with Crippen LogP contribution in [0.15, 0.2) is 35.7 Å². The van der Waals surface area contributed by atoms with Crippen LogP contribution in [0.3, 0.4) is 0 Å². The Morgan fingerprint density at radius 1 is 1.39 bits per heavy atom. The molecular formula is C13H11NO3S. The van der Waals surface area contributed by atoms with Gasteiger partial charge in [-0.2, -0.15) is 0 Å². The monoisotopic (exact) mass is 261 g/mol. The predicted molar refractivity (Wildman–Crippen MR) is 69.2 cm³/mol. The summed E-state index contributed by atoms with van der Waals surface area (Å²) >= 11 is 1.65.